The number of hydrogen-bond acceptors (Lipinski definition) is 8. The zero-order valence-electron chi connectivity index (χ0n) is 14.7. The van der Waals surface area contributed by atoms with Crippen molar-refractivity contribution in [2.75, 3.05) is 19.0 Å². The van der Waals surface area contributed by atoms with Crippen molar-refractivity contribution < 1.29 is 41.2 Å². The molecule has 2 rings (SSSR count). The Balaban J connectivity index is 1.90. The van der Waals surface area contributed by atoms with Crippen LogP contribution in [0.5, 0.6) is 5.75 Å². The lowest BCUT2D eigenvalue weighted by Gasteiger charge is -2.26. The summed E-state index contributed by atoms with van der Waals surface area (Å²) >= 11 is 0. The molecular weight excluding hydrogens is 383 g/mol. The second-order valence-corrected chi connectivity index (χ2v) is 7.99. The summed E-state index contributed by atoms with van der Waals surface area (Å²) in [6.07, 6.45) is 3.53. The summed E-state index contributed by atoms with van der Waals surface area (Å²) in [6.45, 7) is 0.473. The van der Waals surface area contributed by atoms with E-state index in [1.807, 2.05) is 6.92 Å². The van der Waals surface area contributed by atoms with E-state index in [1.165, 1.54) is 12.1 Å². The molecule has 8 nitrogen and oxygen atoms in total. The fourth-order valence-electron chi connectivity index (χ4n) is 2.71. The minimum Gasteiger partial charge on any atom is -0.748 e. The van der Waals surface area contributed by atoms with Crippen LogP contribution in [0.1, 0.15) is 43.0 Å². The molecule has 10 heteroatoms. The van der Waals surface area contributed by atoms with Crippen molar-refractivity contribution in [2.45, 2.75) is 38.2 Å². The van der Waals surface area contributed by atoms with Gasteiger partial charge in [0.15, 0.2) is 18.2 Å². The first-order valence-electron chi connectivity index (χ1n) is 8.33. The van der Waals surface area contributed by atoms with Gasteiger partial charge in [-0.2, -0.15) is 0 Å². The highest BCUT2D eigenvalue weighted by Crippen LogP contribution is 2.35. The van der Waals surface area contributed by atoms with Crippen LogP contribution in [0.3, 0.4) is 0 Å². The van der Waals surface area contributed by atoms with E-state index in [4.69, 9.17) is 9.47 Å². The summed E-state index contributed by atoms with van der Waals surface area (Å²) in [5, 5.41) is 0. The third-order valence-corrected chi connectivity index (χ3v) is 4.77. The van der Waals surface area contributed by atoms with E-state index in [1.54, 1.807) is 0 Å². The summed E-state index contributed by atoms with van der Waals surface area (Å²) < 4.78 is 60.1. The van der Waals surface area contributed by atoms with Crippen LogP contribution in [-0.4, -0.2) is 49.5 Å². The van der Waals surface area contributed by atoms with Crippen molar-refractivity contribution in [1.29, 1.82) is 0 Å². The van der Waals surface area contributed by atoms with Gasteiger partial charge in [-0.25, -0.2) is 22.4 Å². The molecule has 0 radical (unpaired) electrons. The topological polar surface area (TPSA) is 119 Å². The Morgan fingerprint density at radius 1 is 1.22 bits per heavy atom. The van der Waals surface area contributed by atoms with Gasteiger partial charge in [-0.1, -0.05) is 0 Å². The Kier molecular flexibility index (Phi) is 6.77. The van der Waals surface area contributed by atoms with Gasteiger partial charge in [0.2, 0.25) is 0 Å². The Morgan fingerprint density at radius 2 is 1.89 bits per heavy atom. The van der Waals surface area contributed by atoms with Crippen LogP contribution in [0.4, 0.5) is 4.39 Å². The maximum absolute atomic E-state index is 14.0. The third-order valence-electron chi connectivity index (χ3n) is 4.10. The highest BCUT2D eigenvalue weighted by atomic mass is 32.2. The summed E-state index contributed by atoms with van der Waals surface area (Å²) in [7, 11) is -4.50. The molecule has 0 unspecified atom stereocenters. The molecule has 0 N–H and O–H groups in total. The average Bonchev–Trinajstić information content (AvgIpc) is 3.00. The van der Waals surface area contributed by atoms with Gasteiger partial charge in [-0.15, -0.1) is 0 Å². The number of esters is 2. The van der Waals surface area contributed by atoms with E-state index in [0.29, 0.717) is 0 Å². The van der Waals surface area contributed by atoms with Crippen LogP contribution in [0.2, 0.25) is 0 Å². The van der Waals surface area contributed by atoms with Crippen LogP contribution in [0.15, 0.2) is 18.2 Å². The van der Waals surface area contributed by atoms with Gasteiger partial charge in [-0.05, 0) is 50.8 Å². The SMILES string of the molecule is CC1(Oc2cc(C(=O)OCC(=O)OCCS(=O)(=O)[O-])ccc2F)CCCC1. The van der Waals surface area contributed by atoms with E-state index < -0.39 is 52.4 Å². The van der Waals surface area contributed by atoms with Crippen molar-refractivity contribution in [3.8, 4) is 5.75 Å². The number of rotatable bonds is 8. The van der Waals surface area contributed by atoms with E-state index in [-0.39, 0.29) is 11.3 Å². The number of hydrogen-bond donors (Lipinski definition) is 0. The first kappa shape index (κ1) is 21.1. The Morgan fingerprint density at radius 3 is 2.52 bits per heavy atom. The van der Waals surface area contributed by atoms with Gasteiger partial charge in [0.05, 0.1) is 21.4 Å². The zero-order chi connectivity index (χ0) is 20.1. The minimum absolute atomic E-state index is 0.0112. The molecule has 0 amide bonds. The lowest BCUT2D eigenvalue weighted by Crippen LogP contribution is -2.28. The van der Waals surface area contributed by atoms with Gasteiger partial charge in [0, 0.05) is 0 Å². The standard InChI is InChI=1S/C17H21FO8S/c1-17(6-2-3-7-17)26-14-10-12(4-5-13(14)18)16(20)25-11-15(19)24-8-9-27(21,22)23/h4-5,10H,2-3,6-9,11H2,1H3,(H,21,22,23)/p-1. The Labute approximate surface area is 156 Å². The molecule has 27 heavy (non-hydrogen) atoms. The number of carbonyl (C=O) groups is 2. The lowest BCUT2D eigenvalue weighted by molar-refractivity contribution is -0.146. The molecule has 1 aliphatic carbocycles. The molecule has 1 aromatic rings. The van der Waals surface area contributed by atoms with Crippen molar-refractivity contribution in [1.82, 2.24) is 0 Å². The minimum atomic E-state index is -4.50. The maximum Gasteiger partial charge on any atom is 0.344 e. The molecule has 0 heterocycles. The first-order valence-corrected chi connectivity index (χ1v) is 9.91. The fourth-order valence-corrected chi connectivity index (χ4v) is 2.99. The van der Waals surface area contributed by atoms with E-state index >= 15 is 0 Å². The second kappa shape index (κ2) is 8.66. The van der Waals surface area contributed by atoms with Crippen LogP contribution in [0.25, 0.3) is 0 Å². The zero-order valence-corrected chi connectivity index (χ0v) is 15.6. The van der Waals surface area contributed by atoms with Crippen molar-refractivity contribution in [3.63, 3.8) is 0 Å². The number of benzene rings is 1. The average molecular weight is 403 g/mol. The molecule has 1 saturated carbocycles. The van der Waals surface area contributed by atoms with Gasteiger partial charge in [0.1, 0.15) is 12.2 Å². The van der Waals surface area contributed by atoms with Gasteiger partial charge < -0.3 is 18.8 Å². The summed E-state index contributed by atoms with van der Waals surface area (Å²) in [6, 6.07) is 3.47. The summed E-state index contributed by atoms with van der Waals surface area (Å²) in [5.41, 5.74) is -0.502. The predicted octanol–water partition coefficient (Wildman–Crippen LogP) is 1.78. The highest BCUT2D eigenvalue weighted by molar-refractivity contribution is 7.85. The normalized spacial score (nSPS) is 16.0. The Hall–Kier alpha value is -2.20. The summed E-state index contributed by atoms with van der Waals surface area (Å²) in [5.74, 6) is -3.46. The van der Waals surface area contributed by atoms with Crippen molar-refractivity contribution >= 4 is 22.1 Å². The van der Waals surface area contributed by atoms with E-state index in [2.05, 4.69) is 4.74 Å². The quantitative estimate of drug-likeness (QED) is 0.476. The molecule has 1 aromatic carbocycles. The van der Waals surface area contributed by atoms with E-state index in [0.717, 1.165) is 31.7 Å². The van der Waals surface area contributed by atoms with Crippen molar-refractivity contribution in [2.24, 2.45) is 0 Å². The first-order chi connectivity index (χ1) is 12.6. The molecule has 0 aromatic heterocycles. The molecule has 150 valence electrons. The van der Waals surface area contributed by atoms with Crippen LogP contribution >= 0.6 is 0 Å². The van der Waals surface area contributed by atoms with Crippen LogP contribution < -0.4 is 4.74 Å². The van der Waals surface area contributed by atoms with Crippen LogP contribution in [-0.2, 0) is 24.4 Å². The van der Waals surface area contributed by atoms with Crippen LogP contribution in [0, 0.1) is 5.82 Å². The number of carbonyl (C=O) groups excluding carboxylic acids is 2. The predicted molar refractivity (Wildman–Crippen MR) is 89.7 cm³/mol. The molecule has 0 bridgehead atoms. The smallest absolute Gasteiger partial charge is 0.344 e. The Bertz CT molecular complexity index is 799. The maximum atomic E-state index is 14.0. The molecule has 0 atom stereocenters. The highest BCUT2D eigenvalue weighted by Gasteiger charge is 2.31. The molecule has 0 aliphatic heterocycles. The third kappa shape index (κ3) is 6.79. The van der Waals surface area contributed by atoms with Crippen molar-refractivity contribution in [3.05, 3.63) is 29.6 Å². The number of ether oxygens (including phenoxy) is 3. The molecule has 1 fully saturated rings. The second-order valence-electron chi connectivity index (χ2n) is 6.46. The molecule has 0 saturated heterocycles. The molecule has 0 spiro atoms. The fraction of sp³-hybridized carbons (Fsp3) is 0.529. The summed E-state index contributed by atoms with van der Waals surface area (Å²) in [4.78, 5) is 23.4. The van der Waals surface area contributed by atoms with Gasteiger partial charge >= 0.3 is 11.9 Å². The lowest BCUT2D eigenvalue weighted by atomic mass is 10.1. The number of halogens is 1. The van der Waals surface area contributed by atoms with Gasteiger partial charge in [0.25, 0.3) is 0 Å². The largest absolute Gasteiger partial charge is 0.748 e. The van der Waals surface area contributed by atoms with Gasteiger partial charge in [-0.3, -0.25) is 0 Å². The molecular formula is C17H20FO8S-. The molecule has 1 aliphatic rings. The van der Waals surface area contributed by atoms with E-state index in [9.17, 15) is 27.0 Å². The monoisotopic (exact) mass is 403 g/mol.